The average molecular weight is 577 g/mol. The Morgan fingerprint density at radius 3 is 2.18 bits per heavy atom. The third-order valence-corrected chi connectivity index (χ3v) is 9.51. The molecule has 1 saturated carbocycles. The van der Waals surface area contributed by atoms with Gasteiger partial charge in [-0.05, 0) is 87.4 Å². The minimum atomic E-state index is -0.127. The van der Waals surface area contributed by atoms with Gasteiger partial charge in [0, 0.05) is 53.5 Å². The predicted octanol–water partition coefficient (Wildman–Crippen LogP) is 9.86. The molecule has 0 amide bonds. The fourth-order valence-electron chi connectivity index (χ4n) is 7.17. The molecule has 0 radical (unpaired) electrons. The van der Waals surface area contributed by atoms with Gasteiger partial charge in [-0.25, -0.2) is 0 Å². The molecule has 0 saturated heterocycles. The summed E-state index contributed by atoms with van der Waals surface area (Å²) in [5, 5.41) is 15.8. The van der Waals surface area contributed by atoms with Gasteiger partial charge in [0.15, 0.2) is 0 Å². The van der Waals surface area contributed by atoms with Crippen LogP contribution in [0.3, 0.4) is 0 Å². The molecule has 44 heavy (non-hydrogen) atoms. The first-order chi connectivity index (χ1) is 21.5. The van der Waals surface area contributed by atoms with Gasteiger partial charge < -0.3 is 16.0 Å². The second-order valence-electron chi connectivity index (χ2n) is 12.6. The summed E-state index contributed by atoms with van der Waals surface area (Å²) in [6, 6.07) is 26.2. The van der Waals surface area contributed by atoms with Crippen LogP contribution < -0.4 is 16.0 Å². The summed E-state index contributed by atoms with van der Waals surface area (Å²) in [5.74, 6) is 0.300. The number of nitrogens with zero attached hydrogens (tertiary/aromatic N) is 1. The molecule has 7 rings (SSSR count). The molecule has 0 spiro atoms. The molecule has 1 aliphatic carbocycles. The van der Waals surface area contributed by atoms with Crippen molar-refractivity contribution in [1.29, 1.82) is 0 Å². The van der Waals surface area contributed by atoms with E-state index < -0.39 is 0 Å². The normalized spacial score (nSPS) is 23.6. The second-order valence-corrected chi connectivity index (χ2v) is 12.6. The molecule has 4 aromatic rings. The highest BCUT2D eigenvalue weighted by atomic mass is 15.0. The van der Waals surface area contributed by atoms with E-state index in [-0.39, 0.29) is 5.41 Å². The number of nitrogens with one attached hydrogen (secondary N) is 3. The monoisotopic (exact) mass is 576 g/mol. The van der Waals surface area contributed by atoms with Gasteiger partial charge in [-0.1, -0.05) is 93.6 Å². The molecule has 3 aliphatic rings. The van der Waals surface area contributed by atoms with E-state index in [1.807, 2.05) is 19.4 Å². The van der Waals surface area contributed by atoms with Crippen molar-refractivity contribution in [3.63, 3.8) is 0 Å². The van der Waals surface area contributed by atoms with Crippen molar-refractivity contribution in [3.8, 4) is 0 Å². The minimum absolute atomic E-state index is 0.127. The Balaban J connectivity index is 1.22. The first-order valence-electron chi connectivity index (χ1n) is 15.8. The number of anilines is 2. The van der Waals surface area contributed by atoms with E-state index in [0.29, 0.717) is 5.92 Å². The third kappa shape index (κ3) is 4.85. The molecule has 0 bridgehead atoms. The molecule has 0 aromatic heterocycles. The van der Waals surface area contributed by atoms with Crippen molar-refractivity contribution in [1.82, 2.24) is 5.32 Å². The quantitative estimate of drug-likeness (QED) is 0.227. The van der Waals surface area contributed by atoms with Crippen LogP contribution in [0, 0.1) is 0 Å². The standard InChI is InChI=1S/C40H40N4/c1-26-33(43-34-21-16-27-10-5-7-14-31(27)37(26)34)20-18-29-12-9-13-30(39(29)42-25-24-41-4)19-23-36-40(2,3)38-32-15-8-6-11-28(32)17-22-35(38)44-36/h5-8,10-11,14-26,41,43-44H,9,12-13H2,1-4H3/b25-24-,29-18+,30-19?,33-20+,36-23?,42-39+/t26-/m1/s1. The van der Waals surface area contributed by atoms with Crippen molar-refractivity contribution in [2.75, 3.05) is 17.7 Å². The molecule has 0 unspecified atom stereocenters. The average Bonchev–Trinajstić information content (AvgIpc) is 3.51. The molecule has 2 heterocycles. The highest BCUT2D eigenvalue weighted by Crippen LogP contribution is 2.47. The smallest absolute Gasteiger partial charge is 0.0694 e. The van der Waals surface area contributed by atoms with E-state index in [1.165, 1.54) is 66.6 Å². The number of benzene rings is 4. The van der Waals surface area contributed by atoms with Crippen LogP contribution in [0.5, 0.6) is 0 Å². The second kappa shape index (κ2) is 11.3. The van der Waals surface area contributed by atoms with Crippen LogP contribution in [-0.4, -0.2) is 12.8 Å². The molecule has 1 atom stereocenters. The highest BCUT2D eigenvalue weighted by molar-refractivity contribution is 6.13. The number of rotatable bonds is 4. The van der Waals surface area contributed by atoms with Gasteiger partial charge in [-0.2, -0.15) is 0 Å². The summed E-state index contributed by atoms with van der Waals surface area (Å²) in [4.78, 5) is 4.98. The molecular formula is C40H40N4. The van der Waals surface area contributed by atoms with Gasteiger partial charge in [-0.15, -0.1) is 0 Å². The van der Waals surface area contributed by atoms with Gasteiger partial charge in [-0.3, -0.25) is 4.99 Å². The lowest BCUT2D eigenvalue weighted by molar-refractivity contribution is 0.659. The summed E-state index contributed by atoms with van der Waals surface area (Å²) in [7, 11) is 1.91. The van der Waals surface area contributed by atoms with Crippen molar-refractivity contribution in [2.45, 2.75) is 51.4 Å². The molecule has 4 nitrogen and oxygen atoms in total. The molecular weight excluding hydrogens is 536 g/mol. The van der Waals surface area contributed by atoms with E-state index in [0.717, 1.165) is 25.0 Å². The third-order valence-electron chi connectivity index (χ3n) is 9.51. The lowest BCUT2D eigenvalue weighted by atomic mass is 9.80. The Bertz CT molecular complexity index is 1960. The lowest BCUT2D eigenvalue weighted by Crippen LogP contribution is -2.18. The first kappa shape index (κ1) is 28.0. The van der Waals surface area contributed by atoms with E-state index >= 15 is 0 Å². The van der Waals surface area contributed by atoms with E-state index in [1.54, 1.807) is 0 Å². The summed E-state index contributed by atoms with van der Waals surface area (Å²) in [6.45, 7) is 6.95. The summed E-state index contributed by atoms with van der Waals surface area (Å²) in [5.41, 5.74) is 11.1. The van der Waals surface area contributed by atoms with Crippen LogP contribution in [0.4, 0.5) is 11.4 Å². The summed E-state index contributed by atoms with van der Waals surface area (Å²) >= 11 is 0. The fraction of sp³-hybridized carbons (Fsp3) is 0.225. The van der Waals surface area contributed by atoms with Gasteiger partial charge in [0.25, 0.3) is 0 Å². The minimum Gasteiger partial charge on any atom is -0.393 e. The zero-order valence-corrected chi connectivity index (χ0v) is 26.0. The molecule has 4 aromatic carbocycles. The van der Waals surface area contributed by atoms with Gasteiger partial charge in [0.2, 0.25) is 0 Å². The number of hydrogen-bond acceptors (Lipinski definition) is 4. The Hall–Kier alpha value is -4.83. The topological polar surface area (TPSA) is 48.5 Å². The van der Waals surface area contributed by atoms with Crippen LogP contribution in [0.25, 0.3) is 21.5 Å². The maximum absolute atomic E-state index is 4.98. The van der Waals surface area contributed by atoms with Crippen LogP contribution in [0.15, 0.2) is 137 Å². The molecule has 3 N–H and O–H groups in total. The number of aliphatic imine (C=N–C) groups is 1. The molecule has 4 heteroatoms. The molecule has 220 valence electrons. The zero-order chi connectivity index (χ0) is 30.3. The predicted molar refractivity (Wildman–Crippen MR) is 188 cm³/mol. The molecule has 2 aliphatic heterocycles. The van der Waals surface area contributed by atoms with E-state index in [4.69, 9.17) is 4.99 Å². The van der Waals surface area contributed by atoms with E-state index in [9.17, 15) is 0 Å². The van der Waals surface area contributed by atoms with Gasteiger partial charge in [0.05, 0.1) is 5.71 Å². The number of hydrogen-bond donors (Lipinski definition) is 3. The lowest BCUT2D eigenvalue weighted by Gasteiger charge is -2.23. The Morgan fingerprint density at radius 2 is 1.43 bits per heavy atom. The van der Waals surface area contributed by atoms with Crippen LogP contribution in [0.1, 0.15) is 57.1 Å². The van der Waals surface area contributed by atoms with Crippen molar-refractivity contribution in [2.24, 2.45) is 4.99 Å². The largest absolute Gasteiger partial charge is 0.393 e. The van der Waals surface area contributed by atoms with Gasteiger partial charge >= 0.3 is 0 Å². The fourth-order valence-corrected chi connectivity index (χ4v) is 7.17. The van der Waals surface area contributed by atoms with Crippen molar-refractivity contribution < 1.29 is 0 Å². The Morgan fingerprint density at radius 1 is 0.773 bits per heavy atom. The van der Waals surface area contributed by atoms with Crippen LogP contribution >= 0.6 is 0 Å². The summed E-state index contributed by atoms with van der Waals surface area (Å²) in [6.07, 6.45) is 16.0. The zero-order valence-electron chi connectivity index (χ0n) is 26.0. The van der Waals surface area contributed by atoms with Crippen LogP contribution in [-0.2, 0) is 5.41 Å². The highest BCUT2D eigenvalue weighted by Gasteiger charge is 2.36. The maximum Gasteiger partial charge on any atom is 0.0694 e. The van der Waals surface area contributed by atoms with Crippen molar-refractivity contribution >= 4 is 38.6 Å². The van der Waals surface area contributed by atoms with Crippen molar-refractivity contribution in [3.05, 3.63) is 143 Å². The Labute approximate surface area is 260 Å². The SMILES string of the molecule is CN\C=C/N=C1/C(=CC=C2Nc3ccc4ccccc4c3C2(C)C)CCC/C1=C\C=C1\Nc2ccc3ccccc3c2[C@@H]1C. The first-order valence-corrected chi connectivity index (χ1v) is 15.8. The molecule has 1 fully saturated rings. The van der Waals surface area contributed by atoms with E-state index in [2.05, 4.69) is 134 Å². The maximum atomic E-state index is 4.98. The van der Waals surface area contributed by atoms with Gasteiger partial charge in [0.1, 0.15) is 0 Å². The summed E-state index contributed by atoms with van der Waals surface area (Å²) < 4.78 is 0. The Kier molecular flexibility index (Phi) is 7.21. The number of fused-ring (bicyclic) bond motifs is 6. The number of allylic oxidation sites excluding steroid dienone is 8. The van der Waals surface area contributed by atoms with Crippen LogP contribution in [0.2, 0.25) is 0 Å².